The van der Waals surface area contributed by atoms with Crippen molar-refractivity contribution in [1.29, 1.82) is 0 Å². The molecule has 0 fully saturated rings. The number of aryl methyl sites for hydroxylation is 2. The number of hydrogen-bond donors (Lipinski definition) is 2. The van der Waals surface area contributed by atoms with Gasteiger partial charge in [0.05, 0.1) is 22.8 Å². The average Bonchev–Trinajstić information content (AvgIpc) is 2.80. The van der Waals surface area contributed by atoms with Crippen molar-refractivity contribution >= 4 is 22.9 Å². The Morgan fingerprint density at radius 3 is 2.90 bits per heavy atom. The molecule has 0 bridgehead atoms. The normalized spacial score (nSPS) is 10.7. The number of hydrogen-bond acceptors (Lipinski definition) is 4. The van der Waals surface area contributed by atoms with Crippen molar-refractivity contribution in [3.05, 3.63) is 47.5 Å². The molecule has 0 spiro atoms. The monoisotopic (exact) mass is 267 g/mol. The summed E-state index contributed by atoms with van der Waals surface area (Å²) in [6.07, 6.45) is 4.89. The van der Waals surface area contributed by atoms with E-state index in [4.69, 9.17) is 0 Å². The number of nitrogens with one attached hydrogen (secondary N) is 2. The van der Waals surface area contributed by atoms with Crippen LogP contribution in [0.4, 0.5) is 5.95 Å². The van der Waals surface area contributed by atoms with Gasteiger partial charge in [0.15, 0.2) is 0 Å². The highest BCUT2D eigenvalue weighted by atomic mass is 16.1. The van der Waals surface area contributed by atoms with E-state index < -0.39 is 0 Å². The van der Waals surface area contributed by atoms with E-state index in [1.54, 1.807) is 24.7 Å². The highest BCUT2D eigenvalue weighted by Crippen LogP contribution is 2.14. The summed E-state index contributed by atoms with van der Waals surface area (Å²) in [6, 6.07) is 3.65. The van der Waals surface area contributed by atoms with Crippen molar-refractivity contribution in [2.75, 3.05) is 5.32 Å². The first-order valence-electron chi connectivity index (χ1n) is 6.18. The quantitative estimate of drug-likeness (QED) is 0.745. The van der Waals surface area contributed by atoms with Crippen LogP contribution in [0.2, 0.25) is 0 Å². The molecule has 20 heavy (non-hydrogen) atoms. The lowest BCUT2D eigenvalue weighted by Gasteiger charge is -2.05. The second-order valence-electron chi connectivity index (χ2n) is 4.57. The van der Waals surface area contributed by atoms with Gasteiger partial charge in [-0.3, -0.25) is 20.1 Å². The molecule has 0 atom stereocenters. The molecule has 3 aromatic rings. The van der Waals surface area contributed by atoms with Gasteiger partial charge in [0.2, 0.25) is 5.95 Å². The average molecular weight is 267 g/mol. The smallest absolute Gasteiger partial charge is 0.259 e. The van der Waals surface area contributed by atoms with Crippen molar-refractivity contribution in [3.63, 3.8) is 0 Å². The minimum Gasteiger partial charge on any atom is -0.323 e. The second-order valence-corrected chi connectivity index (χ2v) is 4.57. The molecular weight excluding hydrogens is 254 g/mol. The number of nitrogens with zero attached hydrogens (tertiary/aromatic N) is 3. The summed E-state index contributed by atoms with van der Waals surface area (Å²) >= 11 is 0. The molecule has 3 aromatic heterocycles. The van der Waals surface area contributed by atoms with Crippen LogP contribution < -0.4 is 5.32 Å². The lowest BCUT2D eigenvalue weighted by molar-refractivity contribution is 0.102. The molecule has 1 amide bonds. The molecule has 3 rings (SSSR count). The summed E-state index contributed by atoms with van der Waals surface area (Å²) in [6.45, 7) is 3.77. The van der Waals surface area contributed by atoms with Gasteiger partial charge in [0, 0.05) is 18.1 Å². The first-order chi connectivity index (χ1) is 9.63. The summed E-state index contributed by atoms with van der Waals surface area (Å²) in [7, 11) is 0. The van der Waals surface area contributed by atoms with E-state index in [0.29, 0.717) is 11.5 Å². The van der Waals surface area contributed by atoms with E-state index in [1.807, 2.05) is 19.9 Å². The van der Waals surface area contributed by atoms with Crippen LogP contribution in [0.1, 0.15) is 21.6 Å². The SMILES string of the molecule is Cc1cc(C)c(C(=O)Nc2nc3ccncc3[nH]2)cn1. The Labute approximate surface area is 115 Å². The number of aromatic amines is 1. The molecule has 0 aliphatic carbocycles. The first-order valence-corrected chi connectivity index (χ1v) is 6.18. The fraction of sp³-hybridized carbons (Fsp3) is 0.143. The Hall–Kier alpha value is -2.76. The highest BCUT2D eigenvalue weighted by molar-refractivity contribution is 6.04. The summed E-state index contributed by atoms with van der Waals surface area (Å²) in [4.78, 5) is 27.6. The maximum absolute atomic E-state index is 12.2. The van der Waals surface area contributed by atoms with Crippen LogP contribution in [0.3, 0.4) is 0 Å². The van der Waals surface area contributed by atoms with Crippen LogP contribution in [0.15, 0.2) is 30.7 Å². The number of fused-ring (bicyclic) bond motifs is 1. The Kier molecular flexibility index (Phi) is 2.90. The zero-order valence-corrected chi connectivity index (χ0v) is 11.1. The van der Waals surface area contributed by atoms with Crippen molar-refractivity contribution in [2.45, 2.75) is 13.8 Å². The number of imidazole rings is 1. The van der Waals surface area contributed by atoms with Gasteiger partial charge in [0.25, 0.3) is 5.91 Å². The first kappa shape index (κ1) is 12.3. The molecule has 6 heteroatoms. The van der Waals surface area contributed by atoms with Gasteiger partial charge in [-0.15, -0.1) is 0 Å². The van der Waals surface area contributed by atoms with Gasteiger partial charge in [-0.1, -0.05) is 0 Å². The number of rotatable bonds is 2. The Balaban J connectivity index is 1.88. The molecule has 0 aliphatic rings. The molecule has 0 aromatic carbocycles. The number of H-pyrrole nitrogens is 1. The van der Waals surface area contributed by atoms with Crippen molar-refractivity contribution < 1.29 is 4.79 Å². The molecule has 0 radical (unpaired) electrons. The van der Waals surface area contributed by atoms with E-state index in [-0.39, 0.29) is 5.91 Å². The zero-order valence-electron chi connectivity index (χ0n) is 11.1. The van der Waals surface area contributed by atoms with Gasteiger partial charge >= 0.3 is 0 Å². The minimum absolute atomic E-state index is 0.234. The Morgan fingerprint density at radius 2 is 2.15 bits per heavy atom. The lowest BCUT2D eigenvalue weighted by atomic mass is 10.1. The summed E-state index contributed by atoms with van der Waals surface area (Å²) in [5.74, 6) is 0.167. The Morgan fingerprint density at radius 1 is 1.30 bits per heavy atom. The van der Waals surface area contributed by atoms with Crippen molar-refractivity contribution in [3.8, 4) is 0 Å². The molecular formula is C14H13N5O. The lowest BCUT2D eigenvalue weighted by Crippen LogP contribution is -2.14. The van der Waals surface area contributed by atoms with Crippen LogP contribution in [0.25, 0.3) is 11.0 Å². The van der Waals surface area contributed by atoms with Gasteiger partial charge < -0.3 is 4.98 Å². The number of amides is 1. The highest BCUT2D eigenvalue weighted by Gasteiger charge is 2.12. The number of carbonyl (C=O) groups is 1. The molecule has 0 unspecified atom stereocenters. The Bertz CT molecular complexity index is 760. The fourth-order valence-corrected chi connectivity index (χ4v) is 2.03. The molecule has 3 heterocycles. The summed E-state index contributed by atoms with van der Waals surface area (Å²) < 4.78 is 0. The molecule has 0 saturated carbocycles. The van der Waals surface area contributed by atoms with Crippen LogP contribution in [-0.4, -0.2) is 25.8 Å². The predicted octanol–water partition coefficient (Wildman–Crippen LogP) is 2.22. The van der Waals surface area contributed by atoms with Crippen LogP contribution >= 0.6 is 0 Å². The van der Waals surface area contributed by atoms with Crippen LogP contribution in [0.5, 0.6) is 0 Å². The summed E-state index contributed by atoms with van der Waals surface area (Å²) in [5.41, 5.74) is 3.84. The zero-order chi connectivity index (χ0) is 14.1. The maximum Gasteiger partial charge on any atom is 0.259 e. The van der Waals surface area contributed by atoms with E-state index in [0.717, 1.165) is 22.3 Å². The third-order valence-electron chi connectivity index (χ3n) is 3.01. The summed E-state index contributed by atoms with van der Waals surface area (Å²) in [5, 5.41) is 2.73. The molecule has 2 N–H and O–H groups in total. The number of pyridine rings is 2. The van der Waals surface area contributed by atoms with Gasteiger partial charge in [-0.25, -0.2) is 4.98 Å². The second kappa shape index (κ2) is 4.73. The maximum atomic E-state index is 12.2. The molecule has 100 valence electrons. The van der Waals surface area contributed by atoms with Gasteiger partial charge in [-0.2, -0.15) is 0 Å². The predicted molar refractivity (Wildman–Crippen MR) is 75.6 cm³/mol. The van der Waals surface area contributed by atoms with E-state index in [9.17, 15) is 4.79 Å². The van der Waals surface area contributed by atoms with Crippen LogP contribution in [-0.2, 0) is 0 Å². The molecule has 0 aliphatic heterocycles. The van der Waals surface area contributed by atoms with E-state index in [2.05, 4.69) is 25.3 Å². The van der Waals surface area contributed by atoms with Gasteiger partial charge in [-0.05, 0) is 31.5 Å². The fourth-order valence-electron chi connectivity index (χ4n) is 2.03. The standard InChI is InChI=1S/C14H13N5O/c1-8-5-9(2)16-6-10(8)13(20)19-14-17-11-3-4-15-7-12(11)18-14/h3-7H,1-2H3,(H2,17,18,19,20). The van der Waals surface area contributed by atoms with E-state index >= 15 is 0 Å². The third kappa shape index (κ3) is 2.23. The molecule has 6 nitrogen and oxygen atoms in total. The number of anilines is 1. The third-order valence-corrected chi connectivity index (χ3v) is 3.01. The largest absolute Gasteiger partial charge is 0.323 e. The van der Waals surface area contributed by atoms with Crippen molar-refractivity contribution in [2.24, 2.45) is 0 Å². The van der Waals surface area contributed by atoms with E-state index in [1.165, 1.54) is 0 Å². The topological polar surface area (TPSA) is 83.6 Å². The van der Waals surface area contributed by atoms with Crippen LogP contribution in [0, 0.1) is 13.8 Å². The number of carbonyl (C=O) groups excluding carboxylic acids is 1. The number of aromatic nitrogens is 4. The minimum atomic E-state index is -0.234. The molecule has 0 saturated heterocycles. The van der Waals surface area contributed by atoms with Crippen molar-refractivity contribution in [1.82, 2.24) is 19.9 Å². The van der Waals surface area contributed by atoms with Gasteiger partial charge in [0.1, 0.15) is 0 Å².